The molecule has 1 saturated carbocycles. The minimum Gasteiger partial charge on any atom is -0.344 e. The molecule has 3 rings (SSSR count). The highest BCUT2D eigenvalue weighted by Crippen LogP contribution is 2.25. The van der Waals surface area contributed by atoms with Gasteiger partial charge in [0.15, 0.2) is 0 Å². The van der Waals surface area contributed by atoms with Crippen molar-refractivity contribution in [1.82, 2.24) is 20.4 Å². The molecule has 1 aromatic rings. The summed E-state index contributed by atoms with van der Waals surface area (Å²) in [5.41, 5.74) is 0. The molecule has 1 saturated heterocycles. The maximum atomic E-state index is 12.0. The van der Waals surface area contributed by atoms with Gasteiger partial charge in [0.2, 0.25) is 10.3 Å². The molecule has 2 heterocycles. The summed E-state index contributed by atoms with van der Waals surface area (Å²) in [6.45, 7) is 7.46. The Labute approximate surface area is 141 Å². The van der Waals surface area contributed by atoms with E-state index in [-0.39, 0.29) is 6.03 Å². The highest BCUT2D eigenvalue weighted by molar-refractivity contribution is 7.19. The van der Waals surface area contributed by atoms with Crippen molar-refractivity contribution in [2.75, 3.05) is 42.9 Å². The summed E-state index contributed by atoms with van der Waals surface area (Å²) in [7, 11) is 0. The number of hydrogen-bond acceptors (Lipinski definition) is 6. The molecule has 0 radical (unpaired) electrons. The normalized spacial score (nSPS) is 20.0. The third kappa shape index (κ3) is 4.54. The van der Waals surface area contributed by atoms with Crippen LogP contribution in [0.15, 0.2) is 0 Å². The molecule has 0 bridgehead atoms. The lowest BCUT2D eigenvalue weighted by Crippen LogP contribution is -2.46. The van der Waals surface area contributed by atoms with E-state index in [1.807, 2.05) is 0 Å². The molecule has 0 unspecified atom stereocenters. The number of carbonyl (C=O) groups excluding carboxylic acids is 1. The third-order valence-electron chi connectivity index (χ3n) is 4.51. The molecule has 2 fully saturated rings. The predicted octanol–water partition coefficient (Wildman–Crippen LogP) is 2.13. The molecule has 2 aliphatic rings. The maximum Gasteiger partial charge on any atom is 0.321 e. The second-order valence-electron chi connectivity index (χ2n) is 6.30. The molecule has 1 aromatic heterocycles. The summed E-state index contributed by atoms with van der Waals surface area (Å²) in [6.07, 6.45) is 5.77. The summed E-state index contributed by atoms with van der Waals surface area (Å²) in [5, 5.41) is 15.6. The number of nitrogens with zero attached hydrogens (tertiary/aromatic N) is 4. The van der Waals surface area contributed by atoms with E-state index in [2.05, 4.69) is 37.6 Å². The zero-order chi connectivity index (χ0) is 16.1. The Morgan fingerprint density at radius 1 is 1.22 bits per heavy atom. The fourth-order valence-electron chi connectivity index (χ4n) is 3.26. The Bertz CT molecular complexity index is 508. The van der Waals surface area contributed by atoms with Crippen LogP contribution in [0.4, 0.5) is 15.1 Å². The SMILES string of the molecule is CCCN1CCN(c2nnc(NC(=O)NC3CCCC3)s2)CC1. The average Bonchev–Trinajstić information content (AvgIpc) is 3.20. The van der Waals surface area contributed by atoms with Gasteiger partial charge in [-0.15, -0.1) is 10.2 Å². The number of urea groups is 1. The topological polar surface area (TPSA) is 73.4 Å². The quantitative estimate of drug-likeness (QED) is 0.860. The molecule has 0 aromatic carbocycles. The molecule has 2 amide bonds. The van der Waals surface area contributed by atoms with Gasteiger partial charge in [-0.25, -0.2) is 4.79 Å². The maximum absolute atomic E-state index is 12.0. The van der Waals surface area contributed by atoms with Crippen LogP contribution in [-0.4, -0.2) is 59.9 Å². The Morgan fingerprint density at radius 3 is 2.65 bits per heavy atom. The van der Waals surface area contributed by atoms with E-state index < -0.39 is 0 Å². The van der Waals surface area contributed by atoms with Crippen LogP contribution in [0.3, 0.4) is 0 Å². The van der Waals surface area contributed by atoms with Crippen molar-refractivity contribution in [2.45, 2.75) is 45.1 Å². The van der Waals surface area contributed by atoms with Crippen molar-refractivity contribution in [3.05, 3.63) is 0 Å². The van der Waals surface area contributed by atoms with Gasteiger partial charge < -0.3 is 10.2 Å². The minimum atomic E-state index is -0.160. The van der Waals surface area contributed by atoms with E-state index in [1.54, 1.807) is 0 Å². The molecule has 8 heteroatoms. The lowest BCUT2D eigenvalue weighted by atomic mass is 10.3. The first-order chi connectivity index (χ1) is 11.2. The number of carbonyl (C=O) groups is 1. The van der Waals surface area contributed by atoms with Gasteiger partial charge in [-0.3, -0.25) is 10.2 Å². The minimum absolute atomic E-state index is 0.160. The zero-order valence-corrected chi connectivity index (χ0v) is 14.6. The second kappa shape index (κ2) is 7.92. The molecular formula is C15H26N6OS. The predicted molar refractivity (Wildman–Crippen MR) is 93.3 cm³/mol. The summed E-state index contributed by atoms with van der Waals surface area (Å²) in [5.74, 6) is 0. The van der Waals surface area contributed by atoms with Crippen molar-refractivity contribution in [3.63, 3.8) is 0 Å². The number of rotatable bonds is 5. The number of piperazine rings is 1. The molecule has 23 heavy (non-hydrogen) atoms. The van der Waals surface area contributed by atoms with Crippen LogP contribution in [-0.2, 0) is 0 Å². The number of aromatic nitrogens is 2. The lowest BCUT2D eigenvalue weighted by Gasteiger charge is -2.33. The highest BCUT2D eigenvalue weighted by Gasteiger charge is 2.21. The lowest BCUT2D eigenvalue weighted by molar-refractivity contribution is 0.248. The van der Waals surface area contributed by atoms with Gasteiger partial charge in [-0.1, -0.05) is 31.1 Å². The molecular weight excluding hydrogens is 312 g/mol. The van der Waals surface area contributed by atoms with E-state index in [4.69, 9.17) is 0 Å². The Hall–Kier alpha value is -1.41. The number of anilines is 2. The van der Waals surface area contributed by atoms with Gasteiger partial charge in [0.1, 0.15) is 0 Å². The summed E-state index contributed by atoms with van der Waals surface area (Å²) in [4.78, 5) is 16.7. The first-order valence-corrected chi connectivity index (χ1v) is 9.44. The highest BCUT2D eigenvalue weighted by atomic mass is 32.1. The fraction of sp³-hybridized carbons (Fsp3) is 0.800. The summed E-state index contributed by atoms with van der Waals surface area (Å²) < 4.78 is 0. The van der Waals surface area contributed by atoms with E-state index in [0.29, 0.717) is 11.2 Å². The first-order valence-electron chi connectivity index (χ1n) is 8.63. The van der Waals surface area contributed by atoms with Crippen LogP contribution in [0.5, 0.6) is 0 Å². The summed E-state index contributed by atoms with van der Waals surface area (Å²) >= 11 is 1.45. The monoisotopic (exact) mass is 338 g/mol. The van der Waals surface area contributed by atoms with Crippen LogP contribution in [0, 0.1) is 0 Å². The number of nitrogens with one attached hydrogen (secondary N) is 2. The van der Waals surface area contributed by atoms with Crippen molar-refractivity contribution < 1.29 is 4.79 Å². The van der Waals surface area contributed by atoms with E-state index in [1.165, 1.54) is 30.6 Å². The van der Waals surface area contributed by atoms with Gasteiger partial charge >= 0.3 is 6.03 Å². The van der Waals surface area contributed by atoms with Crippen molar-refractivity contribution >= 4 is 27.6 Å². The molecule has 1 aliphatic carbocycles. The smallest absolute Gasteiger partial charge is 0.321 e. The van der Waals surface area contributed by atoms with E-state index >= 15 is 0 Å². The molecule has 7 nitrogen and oxygen atoms in total. The molecule has 0 atom stereocenters. The van der Waals surface area contributed by atoms with Gasteiger partial charge in [-0.2, -0.15) is 0 Å². The number of amides is 2. The van der Waals surface area contributed by atoms with Crippen LogP contribution in [0.2, 0.25) is 0 Å². The summed E-state index contributed by atoms with van der Waals surface area (Å²) in [6, 6.07) is 0.154. The Kier molecular flexibility index (Phi) is 5.66. The average molecular weight is 338 g/mol. The Morgan fingerprint density at radius 2 is 1.96 bits per heavy atom. The van der Waals surface area contributed by atoms with Gasteiger partial charge in [-0.05, 0) is 25.8 Å². The van der Waals surface area contributed by atoms with Crippen molar-refractivity contribution in [2.24, 2.45) is 0 Å². The second-order valence-corrected chi connectivity index (χ2v) is 7.25. The van der Waals surface area contributed by atoms with Gasteiger partial charge in [0, 0.05) is 32.2 Å². The van der Waals surface area contributed by atoms with Crippen LogP contribution >= 0.6 is 11.3 Å². The zero-order valence-electron chi connectivity index (χ0n) is 13.8. The molecule has 2 N–H and O–H groups in total. The molecule has 128 valence electrons. The standard InChI is InChI=1S/C15H26N6OS/c1-2-7-20-8-10-21(11-9-20)15-19-18-14(23-15)17-13(22)16-12-5-3-4-6-12/h12H,2-11H2,1H3,(H2,16,17,18,22). The van der Waals surface area contributed by atoms with Crippen molar-refractivity contribution in [1.29, 1.82) is 0 Å². The van der Waals surface area contributed by atoms with E-state index in [9.17, 15) is 4.79 Å². The molecule has 0 spiro atoms. The number of hydrogen-bond donors (Lipinski definition) is 2. The van der Waals surface area contributed by atoms with Crippen LogP contribution < -0.4 is 15.5 Å². The van der Waals surface area contributed by atoms with Gasteiger partial charge in [0.25, 0.3) is 0 Å². The third-order valence-corrected chi connectivity index (χ3v) is 5.41. The Balaban J connectivity index is 1.47. The van der Waals surface area contributed by atoms with Crippen LogP contribution in [0.1, 0.15) is 39.0 Å². The van der Waals surface area contributed by atoms with Crippen molar-refractivity contribution in [3.8, 4) is 0 Å². The first kappa shape index (κ1) is 16.4. The molecule has 1 aliphatic heterocycles. The van der Waals surface area contributed by atoms with Crippen LogP contribution in [0.25, 0.3) is 0 Å². The largest absolute Gasteiger partial charge is 0.344 e. The fourth-order valence-corrected chi connectivity index (χ4v) is 4.05. The van der Waals surface area contributed by atoms with E-state index in [0.717, 1.165) is 50.7 Å². The van der Waals surface area contributed by atoms with Gasteiger partial charge in [0.05, 0.1) is 0 Å².